The van der Waals surface area contributed by atoms with Gasteiger partial charge >= 0.3 is 5.97 Å². The fraction of sp³-hybridized carbons (Fsp3) is 0.583. The Balaban J connectivity index is 2.25. The number of carbonyl (C=O) groups is 1. The molecule has 2 heterocycles. The summed E-state index contributed by atoms with van der Waals surface area (Å²) in [6.07, 6.45) is 0.941. The third-order valence-electron chi connectivity index (χ3n) is 2.69. The number of nitrogens with one attached hydrogen (secondary N) is 1. The highest BCUT2D eigenvalue weighted by Gasteiger charge is 2.23. The lowest BCUT2D eigenvalue weighted by molar-refractivity contribution is 0.0590. The fourth-order valence-corrected chi connectivity index (χ4v) is 1.86. The second kappa shape index (κ2) is 5.88. The van der Waals surface area contributed by atoms with Crippen LogP contribution in [-0.4, -0.2) is 29.7 Å². The summed E-state index contributed by atoms with van der Waals surface area (Å²) in [5.74, 6) is 0.111. The standard InChI is InChI=1S/C12H17N3O3/c1-3-4-18-7-10-14-9-6-13-5-8(9)11(15-10)12(16)17-2/h13H,3-7H2,1-2H3. The van der Waals surface area contributed by atoms with Gasteiger partial charge in [0.15, 0.2) is 11.5 Å². The van der Waals surface area contributed by atoms with Gasteiger partial charge in [-0.3, -0.25) is 0 Å². The molecule has 0 amide bonds. The van der Waals surface area contributed by atoms with Crippen molar-refractivity contribution >= 4 is 5.97 Å². The molecule has 0 saturated carbocycles. The first-order valence-corrected chi connectivity index (χ1v) is 6.01. The van der Waals surface area contributed by atoms with Crippen LogP contribution in [0.15, 0.2) is 0 Å². The molecular formula is C12H17N3O3. The molecule has 2 rings (SSSR count). The van der Waals surface area contributed by atoms with E-state index >= 15 is 0 Å². The maximum absolute atomic E-state index is 11.7. The molecule has 0 unspecified atom stereocenters. The van der Waals surface area contributed by atoms with Gasteiger partial charge in [0.25, 0.3) is 0 Å². The highest BCUT2D eigenvalue weighted by atomic mass is 16.5. The van der Waals surface area contributed by atoms with Crippen LogP contribution in [-0.2, 0) is 29.2 Å². The Labute approximate surface area is 106 Å². The van der Waals surface area contributed by atoms with Crippen LogP contribution < -0.4 is 5.32 Å². The molecule has 6 heteroatoms. The number of esters is 1. The number of aromatic nitrogens is 2. The van der Waals surface area contributed by atoms with Crippen LogP contribution in [0.3, 0.4) is 0 Å². The molecule has 1 aliphatic rings. The van der Waals surface area contributed by atoms with E-state index in [1.54, 1.807) is 0 Å². The Hall–Kier alpha value is -1.53. The second-order valence-corrected chi connectivity index (χ2v) is 4.06. The molecule has 18 heavy (non-hydrogen) atoms. The smallest absolute Gasteiger partial charge is 0.357 e. The van der Waals surface area contributed by atoms with Gasteiger partial charge < -0.3 is 14.8 Å². The molecule has 0 spiro atoms. The van der Waals surface area contributed by atoms with Gasteiger partial charge in [0.05, 0.1) is 12.8 Å². The van der Waals surface area contributed by atoms with E-state index in [0.717, 1.165) is 17.7 Å². The SMILES string of the molecule is CCCOCc1nc2c(c(C(=O)OC)n1)CNC2. The zero-order valence-corrected chi connectivity index (χ0v) is 10.7. The van der Waals surface area contributed by atoms with E-state index in [-0.39, 0.29) is 0 Å². The van der Waals surface area contributed by atoms with Crippen LogP contribution >= 0.6 is 0 Å². The van der Waals surface area contributed by atoms with Crippen molar-refractivity contribution in [2.24, 2.45) is 0 Å². The summed E-state index contributed by atoms with van der Waals surface area (Å²) >= 11 is 0. The lowest BCUT2D eigenvalue weighted by Crippen LogP contribution is -2.13. The summed E-state index contributed by atoms with van der Waals surface area (Å²) in [5, 5.41) is 3.15. The van der Waals surface area contributed by atoms with Crippen LogP contribution in [0.5, 0.6) is 0 Å². The molecule has 98 valence electrons. The molecule has 0 radical (unpaired) electrons. The monoisotopic (exact) mass is 251 g/mol. The highest BCUT2D eigenvalue weighted by molar-refractivity contribution is 5.89. The van der Waals surface area contributed by atoms with Gasteiger partial charge in [0.2, 0.25) is 0 Å². The van der Waals surface area contributed by atoms with Crippen LogP contribution in [0.25, 0.3) is 0 Å². The van der Waals surface area contributed by atoms with E-state index in [2.05, 4.69) is 15.3 Å². The highest BCUT2D eigenvalue weighted by Crippen LogP contribution is 2.18. The van der Waals surface area contributed by atoms with Crippen LogP contribution in [0.4, 0.5) is 0 Å². The molecule has 1 aliphatic heterocycles. The zero-order chi connectivity index (χ0) is 13.0. The van der Waals surface area contributed by atoms with Gasteiger partial charge in [-0.1, -0.05) is 6.92 Å². The number of nitrogens with zero attached hydrogens (tertiary/aromatic N) is 2. The predicted molar refractivity (Wildman–Crippen MR) is 63.9 cm³/mol. The van der Waals surface area contributed by atoms with Gasteiger partial charge in [0.1, 0.15) is 6.61 Å². The van der Waals surface area contributed by atoms with Crippen LogP contribution in [0, 0.1) is 0 Å². The topological polar surface area (TPSA) is 73.3 Å². The van der Waals surface area contributed by atoms with Crippen molar-refractivity contribution < 1.29 is 14.3 Å². The Kier molecular flexibility index (Phi) is 4.22. The van der Waals surface area contributed by atoms with Crippen molar-refractivity contribution in [3.8, 4) is 0 Å². The van der Waals surface area contributed by atoms with Crippen molar-refractivity contribution in [1.29, 1.82) is 0 Å². The first-order valence-electron chi connectivity index (χ1n) is 6.01. The largest absolute Gasteiger partial charge is 0.464 e. The molecule has 1 aromatic heterocycles. The molecule has 1 N–H and O–H groups in total. The quantitative estimate of drug-likeness (QED) is 0.616. The zero-order valence-electron chi connectivity index (χ0n) is 10.7. The third-order valence-corrected chi connectivity index (χ3v) is 2.69. The Morgan fingerprint density at radius 2 is 2.22 bits per heavy atom. The van der Waals surface area contributed by atoms with E-state index in [9.17, 15) is 4.79 Å². The minimum Gasteiger partial charge on any atom is -0.464 e. The van der Waals surface area contributed by atoms with Crippen molar-refractivity contribution in [3.05, 3.63) is 22.8 Å². The molecule has 1 aromatic rings. The Bertz CT molecular complexity index is 448. The van der Waals surface area contributed by atoms with Crippen LogP contribution in [0.1, 0.15) is 40.9 Å². The number of fused-ring (bicyclic) bond motifs is 1. The number of methoxy groups -OCH3 is 1. The minimum absolute atomic E-state index is 0.325. The summed E-state index contributed by atoms with van der Waals surface area (Å²) in [5.41, 5.74) is 2.05. The first kappa shape index (κ1) is 12.9. The summed E-state index contributed by atoms with van der Waals surface area (Å²) in [6.45, 7) is 4.28. The minimum atomic E-state index is -0.422. The van der Waals surface area contributed by atoms with Crippen molar-refractivity contribution in [1.82, 2.24) is 15.3 Å². The summed E-state index contributed by atoms with van der Waals surface area (Å²) in [4.78, 5) is 20.3. The second-order valence-electron chi connectivity index (χ2n) is 4.06. The molecule has 6 nitrogen and oxygen atoms in total. The van der Waals surface area contributed by atoms with E-state index in [0.29, 0.717) is 37.8 Å². The summed E-state index contributed by atoms with van der Waals surface area (Å²) < 4.78 is 10.1. The molecular weight excluding hydrogens is 234 g/mol. The number of ether oxygens (including phenoxy) is 2. The molecule has 0 saturated heterocycles. The average molecular weight is 251 g/mol. The van der Waals surface area contributed by atoms with Gasteiger partial charge in [0, 0.05) is 25.3 Å². The van der Waals surface area contributed by atoms with Crippen molar-refractivity contribution in [2.45, 2.75) is 33.0 Å². The van der Waals surface area contributed by atoms with E-state index in [1.165, 1.54) is 7.11 Å². The van der Waals surface area contributed by atoms with Gasteiger partial charge in [-0.15, -0.1) is 0 Å². The number of hydrogen-bond donors (Lipinski definition) is 1. The molecule has 0 aliphatic carbocycles. The Morgan fingerprint density at radius 3 is 2.94 bits per heavy atom. The molecule has 0 fully saturated rings. The van der Waals surface area contributed by atoms with Crippen molar-refractivity contribution in [3.63, 3.8) is 0 Å². The fourth-order valence-electron chi connectivity index (χ4n) is 1.86. The van der Waals surface area contributed by atoms with Gasteiger partial charge in [-0.25, -0.2) is 14.8 Å². The molecule has 0 atom stereocenters. The first-order chi connectivity index (χ1) is 8.76. The third kappa shape index (κ3) is 2.65. The average Bonchev–Trinajstić information content (AvgIpc) is 2.85. The normalized spacial score (nSPS) is 13.4. The summed E-state index contributed by atoms with van der Waals surface area (Å²) in [6, 6.07) is 0. The molecule has 0 aromatic carbocycles. The van der Waals surface area contributed by atoms with Gasteiger partial charge in [-0.2, -0.15) is 0 Å². The van der Waals surface area contributed by atoms with Crippen LogP contribution in [0.2, 0.25) is 0 Å². The number of hydrogen-bond acceptors (Lipinski definition) is 6. The maximum Gasteiger partial charge on any atom is 0.357 e. The Morgan fingerprint density at radius 1 is 1.39 bits per heavy atom. The number of carbonyl (C=O) groups excluding carboxylic acids is 1. The lowest BCUT2D eigenvalue weighted by atomic mass is 10.2. The lowest BCUT2D eigenvalue weighted by Gasteiger charge is -2.08. The van der Waals surface area contributed by atoms with E-state index in [4.69, 9.17) is 9.47 Å². The van der Waals surface area contributed by atoms with E-state index in [1.807, 2.05) is 6.92 Å². The maximum atomic E-state index is 11.7. The van der Waals surface area contributed by atoms with E-state index < -0.39 is 5.97 Å². The summed E-state index contributed by atoms with van der Waals surface area (Å²) in [7, 11) is 1.35. The van der Waals surface area contributed by atoms with Gasteiger partial charge in [-0.05, 0) is 6.42 Å². The molecule has 0 bridgehead atoms. The van der Waals surface area contributed by atoms with Crippen molar-refractivity contribution in [2.75, 3.05) is 13.7 Å². The predicted octanol–water partition coefficient (Wildman–Crippen LogP) is 0.793. The number of rotatable bonds is 5.